The summed E-state index contributed by atoms with van der Waals surface area (Å²) in [6.07, 6.45) is 4.52. The molecule has 0 unspecified atom stereocenters. The molecule has 0 saturated carbocycles. The lowest BCUT2D eigenvalue weighted by atomic mass is 10.2. The number of rotatable bonds is 8. The molecular formula is C25H25F2N5OS. The largest absolute Gasteiger partial charge is 0.343 e. The maximum absolute atomic E-state index is 14.0. The molecule has 176 valence electrons. The number of carbonyl (C=O) groups is 1. The van der Waals surface area contributed by atoms with E-state index in [9.17, 15) is 13.6 Å². The number of nitrogens with zero attached hydrogens (tertiary/aromatic N) is 5. The van der Waals surface area contributed by atoms with Crippen LogP contribution >= 0.6 is 11.8 Å². The standard InChI is InChI=1S/C25H25F2N5OS/c26-18-8-6-17(7-9-18)16-32-21-11-10-19(27)15-20(21)23-24(32)28-25(30-29-23)34-14-4-1-5-22(33)31-12-2-3-13-31/h6-11,15H,1-5,12-14,16H2. The van der Waals surface area contributed by atoms with E-state index in [0.29, 0.717) is 34.7 Å². The molecule has 2 aromatic heterocycles. The second kappa shape index (κ2) is 10.0. The molecule has 2 aromatic carbocycles. The maximum Gasteiger partial charge on any atom is 0.222 e. The maximum atomic E-state index is 14.0. The van der Waals surface area contributed by atoms with E-state index in [2.05, 4.69) is 10.2 Å². The van der Waals surface area contributed by atoms with Crippen molar-refractivity contribution >= 4 is 39.7 Å². The smallest absolute Gasteiger partial charge is 0.222 e. The average molecular weight is 482 g/mol. The summed E-state index contributed by atoms with van der Waals surface area (Å²) < 4.78 is 29.3. The predicted molar refractivity (Wildman–Crippen MR) is 129 cm³/mol. The van der Waals surface area contributed by atoms with Crippen molar-refractivity contribution in [3.8, 4) is 0 Å². The van der Waals surface area contributed by atoms with Gasteiger partial charge in [-0.15, -0.1) is 10.2 Å². The molecule has 1 fully saturated rings. The van der Waals surface area contributed by atoms with E-state index >= 15 is 0 Å². The summed E-state index contributed by atoms with van der Waals surface area (Å²) in [6, 6.07) is 10.9. The van der Waals surface area contributed by atoms with E-state index in [0.717, 1.165) is 55.6 Å². The summed E-state index contributed by atoms with van der Waals surface area (Å²) in [5.74, 6) is 0.391. The van der Waals surface area contributed by atoms with Crippen LogP contribution in [0.4, 0.5) is 8.78 Å². The third-order valence-electron chi connectivity index (χ3n) is 6.14. The summed E-state index contributed by atoms with van der Waals surface area (Å²) in [5.41, 5.74) is 2.86. The van der Waals surface area contributed by atoms with Gasteiger partial charge >= 0.3 is 0 Å². The van der Waals surface area contributed by atoms with E-state index in [4.69, 9.17) is 4.98 Å². The van der Waals surface area contributed by atoms with Gasteiger partial charge in [-0.3, -0.25) is 4.79 Å². The minimum atomic E-state index is -0.350. The number of thioether (sulfide) groups is 1. The summed E-state index contributed by atoms with van der Waals surface area (Å²) in [4.78, 5) is 18.9. The van der Waals surface area contributed by atoms with Crippen LogP contribution in [-0.4, -0.2) is 49.4 Å². The Hall–Kier alpha value is -3.07. The molecule has 0 radical (unpaired) electrons. The van der Waals surface area contributed by atoms with Gasteiger partial charge in [0.25, 0.3) is 0 Å². The Morgan fingerprint density at radius 2 is 1.74 bits per heavy atom. The Morgan fingerprint density at radius 1 is 0.971 bits per heavy atom. The van der Waals surface area contributed by atoms with Crippen LogP contribution in [0.25, 0.3) is 22.1 Å². The first-order valence-corrected chi connectivity index (χ1v) is 12.5. The number of halogens is 2. The average Bonchev–Trinajstić information content (AvgIpc) is 3.47. The van der Waals surface area contributed by atoms with Crippen LogP contribution in [0.1, 0.15) is 37.7 Å². The van der Waals surface area contributed by atoms with Gasteiger partial charge in [0, 0.05) is 37.2 Å². The first kappa shape index (κ1) is 22.7. The van der Waals surface area contributed by atoms with Crippen LogP contribution in [0.5, 0.6) is 0 Å². The van der Waals surface area contributed by atoms with Gasteiger partial charge in [0.2, 0.25) is 11.1 Å². The van der Waals surface area contributed by atoms with Gasteiger partial charge in [-0.05, 0) is 61.6 Å². The molecule has 0 N–H and O–H groups in total. The fourth-order valence-corrected chi connectivity index (χ4v) is 5.15. The number of carbonyl (C=O) groups excluding carboxylic acids is 1. The molecule has 0 atom stereocenters. The molecule has 0 bridgehead atoms. The van der Waals surface area contributed by atoms with E-state index < -0.39 is 0 Å². The number of unbranched alkanes of at least 4 members (excludes halogenated alkanes) is 1. The molecule has 34 heavy (non-hydrogen) atoms. The molecule has 6 nitrogen and oxygen atoms in total. The molecule has 5 rings (SSSR count). The minimum Gasteiger partial charge on any atom is -0.343 e. The Morgan fingerprint density at radius 3 is 2.53 bits per heavy atom. The molecule has 0 spiro atoms. The topological polar surface area (TPSA) is 63.9 Å². The molecular weight excluding hydrogens is 456 g/mol. The second-order valence-corrected chi connectivity index (χ2v) is 9.60. The predicted octanol–water partition coefficient (Wildman–Crippen LogP) is 5.19. The van der Waals surface area contributed by atoms with Crippen LogP contribution in [0.2, 0.25) is 0 Å². The van der Waals surface area contributed by atoms with Crippen LogP contribution in [-0.2, 0) is 11.3 Å². The molecule has 9 heteroatoms. The number of hydrogen-bond donors (Lipinski definition) is 0. The highest BCUT2D eigenvalue weighted by atomic mass is 32.2. The third-order valence-corrected chi connectivity index (χ3v) is 7.06. The van der Waals surface area contributed by atoms with Crippen molar-refractivity contribution in [3.63, 3.8) is 0 Å². The summed E-state index contributed by atoms with van der Waals surface area (Å²) >= 11 is 1.50. The number of hydrogen-bond acceptors (Lipinski definition) is 5. The van der Waals surface area contributed by atoms with Crippen molar-refractivity contribution in [2.75, 3.05) is 18.8 Å². The highest BCUT2D eigenvalue weighted by Gasteiger charge is 2.18. The van der Waals surface area contributed by atoms with E-state index in [-0.39, 0.29) is 17.5 Å². The molecule has 1 aliphatic heterocycles. The Kier molecular flexibility index (Phi) is 6.71. The van der Waals surface area contributed by atoms with Crippen LogP contribution in [0.3, 0.4) is 0 Å². The SMILES string of the molecule is O=C(CCCCSc1nnc2c3cc(F)ccc3n(Cc3ccc(F)cc3)c2n1)N1CCCC1. The van der Waals surface area contributed by atoms with Crippen molar-refractivity contribution in [2.24, 2.45) is 0 Å². The normalized spacial score (nSPS) is 13.9. The summed E-state index contributed by atoms with van der Waals surface area (Å²) in [6.45, 7) is 2.24. The lowest BCUT2D eigenvalue weighted by Gasteiger charge is -2.14. The molecule has 4 aromatic rings. The first-order valence-electron chi connectivity index (χ1n) is 11.6. The van der Waals surface area contributed by atoms with Crippen molar-refractivity contribution in [3.05, 3.63) is 59.7 Å². The minimum absolute atomic E-state index is 0.249. The molecule has 1 amide bonds. The van der Waals surface area contributed by atoms with Gasteiger partial charge in [0.05, 0.1) is 5.52 Å². The zero-order valence-corrected chi connectivity index (χ0v) is 19.5. The van der Waals surface area contributed by atoms with Crippen molar-refractivity contribution < 1.29 is 13.6 Å². The van der Waals surface area contributed by atoms with E-state index in [1.807, 2.05) is 9.47 Å². The summed E-state index contributed by atoms with van der Waals surface area (Å²) in [7, 11) is 0. The lowest BCUT2D eigenvalue weighted by Crippen LogP contribution is -2.27. The second-order valence-electron chi connectivity index (χ2n) is 8.53. The lowest BCUT2D eigenvalue weighted by molar-refractivity contribution is -0.130. The van der Waals surface area contributed by atoms with Gasteiger partial charge < -0.3 is 9.47 Å². The van der Waals surface area contributed by atoms with Crippen LogP contribution < -0.4 is 0 Å². The van der Waals surface area contributed by atoms with Crippen molar-refractivity contribution in [1.29, 1.82) is 0 Å². The fraction of sp³-hybridized carbons (Fsp3) is 0.360. The number of aromatic nitrogens is 4. The molecule has 0 aliphatic carbocycles. The van der Waals surface area contributed by atoms with Crippen molar-refractivity contribution in [1.82, 2.24) is 24.6 Å². The first-order chi connectivity index (χ1) is 16.6. The highest BCUT2D eigenvalue weighted by Crippen LogP contribution is 2.29. The van der Waals surface area contributed by atoms with Crippen LogP contribution in [0, 0.1) is 11.6 Å². The Bertz CT molecular complexity index is 1320. The number of likely N-dealkylation sites (tertiary alicyclic amines) is 1. The number of benzene rings is 2. The van der Waals surface area contributed by atoms with Gasteiger partial charge in [0.15, 0.2) is 5.65 Å². The monoisotopic (exact) mass is 481 g/mol. The molecule has 1 aliphatic rings. The van der Waals surface area contributed by atoms with Gasteiger partial charge in [-0.2, -0.15) is 0 Å². The summed E-state index contributed by atoms with van der Waals surface area (Å²) in [5, 5.41) is 9.81. The number of fused-ring (bicyclic) bond motifs is 3. The zero-order valence-electron chi connectivity index (χ0n) is 18.7. The quantitative estimate of drug-likeness (QED) is 0.256. The molecule has 1 saturated heterocycles. The van der Waals surface area contributed by atoms with E-state index in [1.54, 1.807) is 18.2 Å². The van der Waals surface area contributed by atoms with Gasteiger partial charge in [-0.1, -0.05) is 23.9 Å². The van der Waals surface area contributed by atoms with Crippen LogP contribution in [0.15, 0.2) is 47.6 Å². The van der Waals surface area contributed by atoms with E-state index in [1.165, 1.54) is 36.0 Å². The zero-order chi connectivity index (χ0) is 23.5. The van der Waals surface area contributed by atoms with Gasteiger partial charge in [-0.25, -0.2) is 13.8 Å². The highest BCUT2D eigenvalue weighted by molar-refractivity contribution is 7.99. The van der Waals surface area contributed by atoms with Gasteiger partial charge in [0.1, 0.15) is 17.2 Å². The number of amides is 1. The third kappa shape index (κ3) is 4.89. The fourth-order valence-electron chi connectivity index (χ4n) is 4.37. The Labute approximate surface area is 200 Å². The molecule has 3 heterocycles. The Balaban J connectivity index is 1.32. The van der Waals surface area contributed by atoms with Crippen molar-refractivity contribution in [2.45, 2.75) is 43.8 Å².